The minimum absolute atomic E-state index is 0.0413. The molecular weight excluding hydrogens is 455 g/mol. The van der Waals surface area contributed by atoms with Gasteiger partial charge in [0.2, 0.25) is 11.7 Å². The zero-order valence-electron chi connectivity index (χ0n) is 20.5. The number of rotatable bonds is 13. The van der Waals surface area contributed by atoms with E-state index in [0.717, 1.165) is 19.3 Å². The molecule has 10 heteroatoms. The second-order valence-corrected chi connectivity index (χ2v) is 9.12. The number of aliphatic hydroxyl groups excluding tert-OH is 1. The lowest BCUT2D eigenvalue weighted by Crippen LogP contribution is -2.52. The first-order valence-electron chi connectivity index (χ1n) is 12.3. The van der Waals surface area contributed by atoms with Gasteiger partial charge in [-0.05, 0) is 13.3 Å². The lowest BCUT2D eigenvalue weighted by atomic mass is 9.93. The van der Waals surface area contributed by atoms with Crippen LogP contribution in [0, 0.1) is 19.3 Å². The maximum Gasteiger partial charge on any atom is 0.306 e. The number of ether oxygens (including phenoxy) is 2. The first kappa shape index (κ1) is 27.0. The Kier molecular flexibility index (Phi) is 9.16. The molecule has 2 aromatic heterocycles. The number of unbranched alkanes of at least 4 members (excludes halogenated alkanes) is 8. The molecule has 0 bridgehead atoms. The summed E-state index contributed by atoms with van der Waals surface area (Å²) in [5.41, 5.74) is -1.19. The molecule has 0 radical (unpaired) electrons. The van der Waals surface area contributed by atoms with Crippen LogP contribution in [0.25, 0.3) is 11.2 Å². The molecule has 1 fully saturated rings. The number of aryl methyl sites for hydroxylation is 1. The topological polar surface area (TPSA) is 120 Å². The van der Waals surface area contributed by atoms with E-state index in [1.165, 1.54) is 49.3 Å². The van der Waals surface area contributed by atoms with E-state index in [4.69, 9.17) is 15.9 Å². The van der Waals surface area contributed by atoms with Crippen LogP contribution < -0.4 is 0 Å². The lowest BCUT2D eigenvalue weighted by molar-refractivity contribution is -0.217. The van der Waals surface area contributed by atoms with E-state index in [1.54, 1.807) is 6.92 Å². The van der Waals surface area contributed by atoms with Gasteiger partial charge in [0.15, 0.2) is 11.9 Å². The van der Waals surface area contributed by atoms with Crippen LogP contribution >= 0.6 is 0 Å². The highest BCUT2D eigenvalue weighted by Crippen LogP contribution is 2.47. The number of aliphatic hydroxyl groups is 2. The minimum Gasteiger partial charge on any atom is -0.452 e. The molecule has 1 aliphatic heterocycles. The number of imidazole rings is 1. The average molecular weight is 491 g/mol. The van der Waals surface area contributed by atoms with Crippen molar-refractivity contribution in [1.29, 1.82) is 0 Å². The summed E-state index contributed by atoms with van der Waals surface area (Å²) in [6.45, 7) is 2.73. The van der Waals surface area contributed by atoms with Crippen LogP contribution in [0.4, 0.5) is 4.39 Å². The molecule has 3 rings (SSSR count). The fourth-order valence-electron chi connectivity index (χ4n) is 4.42. The predicted octanol–water partition coefficient (Wildman–Crippen LogP) is 3.52. The van der Waals surface area contributed by atoms with Crippen molar-refractivity contribution in [2.45, 2.75) is 102 Å². The molecule has 9 nitrogen and oxygen atoms in total. The molecule has 0 spiro atoms. The Hall–Kier alpha value is -2.61. The first-order valence-corrected chi connectivity index (χ1v) is 12.3. The van der Waals surface area contributed by atoms with Crippen molar-refractivity contribution in [3.8, 4) is 12.3 Å². The van der Waals surface area contributed by atoms with Gasteiger partial charge >= 0.3 is 5.97 Å². The van der Waals surface area contributed by atoms with E-state index >= 15 is 4.39 Å². The van der Waals surface area contributed by atoms with Crippen molar-refractivity contribution in [2.24, 2.45) is 0 Å². The highest BCUT2D eigenvalue weighted by atomic mass is 19.2. The van der Waals surface area contributed by atoms with Gasteiger partial charge in [-0.15, -0.1) is 6.42 Å². The maximum absolute atomic E-state index is 15.6. The van der Waals surface area contributed by atoms with Gasteiger partial charge in [0, 0.05) is 6.42 Å². The molecule has 0 unspecified atom stereocenters. The average Bonchev–Trinajstić information content (AvgIpc) is 3.37. The third kappa shape index (κ3) is 5.80. The van der Waals surface area contributed by atoms with Gasteiger partial charge < -0.3 is 19.7 Å². The molecule has 35 heavy (non-hydrogen) atoms. The summed E-state index contributed by atoms with van der Waals surface area (Å²) in [5.74, 6) is -1.52. The molecule has 0 saturated carbocycles. The third-order valence-electron chi connectivity index (χ3n) is 6.45. The molecule has 0 aliphatic carbocycles. The van der Waals surface area contributed by atoms with E-state index in [1.807, 2.05) is 0 Å². The van der Waals surface area contributed by atoms with Gasteiger partial charge in [0.1, 0.15) is 18.5 Å². The fourth-order valence-corrected chi connectivity index (χ4v) is 4.42. The summed E-state index contributed by atoms with van der Waals surface area (Å²) in [7, 11) is 0. The zero-order valence-corrected chi connectivity index (χ0v) is 20.5. The smallest absolute Gasteiger partial charge is 0.306 e. The molecule has 3 heterocycles. The largest absolute Gasteiger partial charge is 0.452 e. The van der Waals surface area contributed by atoms with Crippen molar-refractivity contribution >= 4 is 17.1 Å². The Labute approximate surface area is 205 Å². The fraction of sp³-hybridized carbons (Fsp3) is 0.680. The number of halogens is 1. The van der Waals surface area contributed by atoms with Crippen LogP contribution in [-0.4, -0.2) is 59.9 Å². The Morgan fingerprint density at radius 3 is 2.49 bits per heavy atom. The molecule has 0 amide bonds. The molecule has 2 aromatic rings. The SMILES string of the molecule is C#C[C@]1(O)[C@H](n2cnc3c(C)ncnc32)O[C@](F)(CO)[C@H]1OC(=O)CCCCCCCCCCC. The molecule has 1 saturated heterocycles. The van der Waals surface area contributed by atoms with Crippen molar-refractivity contribution < 1.29 is 28.9 Å². The van der Waals surface area contributed by atoms with Gasteiger partial charge in [-0.3, -0.25) is 9.36 Å². The molecule has 192 valence electrons. The number of esters is 1. The summed E-state index contributed by atoms with van der Waals surface area (Å²) < 4.78 is 27.6. The van der Waals surface area contributed by atoms with Crippen LogP contribution in [0.5, 0.6) is 0 Å². The second-order valence-electron chi connectivity index (χ2n) is 9.12. The monoisotopic (exact) mass is 490 g/mol. The van der Waals surface area contributed by atoms with E-state index in [-0.39, 0.29) is 12.1 Å². The standard InChI is InChI=1S/C25H35FN4O5/c1-4-6-7-8-9-10-11-12-13-14-19(32)34-22-24(33,5-2)23(35-25(22,26)15-31)30-17-29-20-18(3)27-16-28-21(20)30/h2,16-17,22-23,31,33H,4,6-15H2,1,3H3/t22-,23+,24+,25+/m0/s1. The quantitative estimate of drug-likeness (QED) is 0.249. The molecule has 0 aromatic carbocycles. The number of carbonyl (C=O) groups excluding carboxylic acids is 1. The number of aromatic nitrogens is 4. The van der Waals surface area contributed by atoms with Crippen LogP contribution in [0.1, 0.15) is 83.1 Å². The third-order valence-corrected chi connectivity index (χ3v) is 6.45. The summed E-state index contributed by atoms with van der Waals surface area (Å²) >= 11 is 0. The highest BCUT2D eigenvalue weighted by molar-refractivity contribution is 5.73. The van der Waals surface area contributed by atoms with Crippen LogP contribution in [0.3, 0.4) is 0 Å². The number of alkyl halides is 1. The minimum atomic E-state index is -2.92. The Balaban J connectivity index is 1.64. The zero-order chi connectivity index (χ0) is 25.5. The van der Waals surface area contributed by atoms with Crippen LogP contribution in [0.15, 0.2) is 12.7 Å². The van der Waals surface area contributed by atoms with Gasteiger partial charge in [-0.1, -0.05) is 64.2 Å². The second kappa shape index (κ2) is 11.9. The number of fused-ring (bicyclic) bond motifs is 1. The number of carbonyl (C=O) groups is 1. The summed E-state index contributed by atoms with van der Waals surface area (Å²) in [6, 6.07) is 0. The van der Waals surface area contributed by atoms with Gasteiger partial charge in [0.05, 0.1) is 12.0 Å². The number of hydrogen-bond acceptors (Lipinski definition) is 8. The van der Waals surface area contributed by atoms with E-state index in [0.29, 0.717) is 17.6 Å². The van der Waals surface area contributed by atoms with Crippen LogP contribution in [0.2, 0.25) is 0 Å². The number of hydrogen-bond donors (Lipinski definition) is 2. The predicted molar refractivity (Wildman–Crippen MR) is 127 cm³/mol. The van der Waals surface area contributed by atoms with E-state index in [2.05, 4.69) is 27.8 Å². The molecular formula is C25H35FN4O5. The Bertz CT molecular complexity index is 1040. The van der Waals surface area contributed by atoms with Crippen molar-refractivity contribution in [3.05, 3.63) is 18.3 Å². The highest BCUT2D eigenvalue weighted by Gasteiger charge is 2.67. The molecule has 1 aliphatic rings. The van der Waals surface area contributed by atoms with Crippen molar-refractivity contribution in [3.63, 3.8) is 0 Å². The molecule has 2 N–H and O–H groups in total. The Morgan fingerprint density at radius 2 is 1.86 bits per heavy atom. The van der Waals surface area contributed by atoms with Crippen LogP contribution in [-0.2, 0) is 14.3 Å². The number of terminal acetylenes is 1. The Morgan fingerprint density at radius 1 is 1.20 bits per heavy atom. The molecule has 4 atom stereocenters. The first-order chi connectivity index (χ1) is 16.8. The summed E-state index contributed by atoms with van der Waals surface area (Å²) in [6.07, 6.45) is 14.4. The lowest BCUT2D eigenvalue weighted by Gasteiger charge is -2.29. The summed E-state index contributed by atoms with van der Waals surface area (Å²) in [4.78, 5) is 24.9. The van der Waals surface area contributed by atoms with Gasteiger partial charge in [-0.2, -0.15) is 0 Å². The van der Waals surface area contributed by atoms with Gasteiger partial charge in [-0.25, -0.2) is 19.3 Å². The normalized spacial score (nSPS) is 26.2. The van der Waals surface area contributed by atoms with Gasteiger partial charge in [0.25, 0.3) is 5.85 Å². The number of nitrogens with zero attached hydrogens (tertiary/aromatic N) is 4. The van der Waals surface area contributed by atoms with E-state index < -0.39 is 36.4 Å². The van der Waals surface area contributed by atoms with E-state index in [9.17, 15) is 15.0 Å². The maximum atomic E-state index is 15.6. The van der Waals surface area contributed by atoms with Crippen molar-refractivity contribution in [1.82, 2.24) is 19.5 Å². The summed E-state index contributed by atoms with van der Waals surface area (Å²) in [5, 5.41) is 21.0. The van der Waals surface area contributed by atoms with Crippen molar-refractivity contribution in [2.75, 3.05) is 6.61 Å².